The van der Waals surface area contributed by atoms with Crippen molar-refractivity contribution >= 4 is 5.69 Å². The van der Waals surface area contributed by atoms with Gasteiger partial charge < -0.3 is 15.2 Å². The van der Waals surface area contributed by atoms with Crippen molar-refractivity contribution < 1.29 is 9.47 Å². The van der Waals surface area contributed by atoms with Gasteiger partial charge in [0.1, 0.15) is 11.9 Å². The Balaban J connectivity index is 2.05. The van der Waals surface area contributed by atoms with Crippen LogP contribution in [0.5, 0.6) is 5.75 Å². The zero-order chi connectivity index (χ0) is 10.7. The van der Waals surface area contributed by atoms with Crippen LogP contribution in [0.2, 0.25) is 0 Å². The fourth-order valence-corrected chi connectivity index (χ4v) is 1.72. The minimum Gasteiger partial charge on any atom is -0.490 e. The molecule has 1 aromatic rings. The van der Waals surface area contributed by atoms with E-state index in [2.05, 4.69) is 0 Å². The van der Waals surface area contributed by atoms with E-state index in [4.69, 9.17) is 15.2 Å². The number of benzene rings is 1. The van der Waals surface area contributed by atoms with Crippen LogP contribution >= 0.6 is 0 Å². The summed E-state index contributed by atoms with van der Waals surface area (Å²) in [5.41, 5.74) is 7.62. The highest BCUT2D eigenvalue weighted by molar-refractivity contribution is 5.48. The Kier molecular flexibility index (Phi) is 3.11. The zero-order valence-electron chi connectivity index (χ0n) is 9.03. The number of nitrogens with two attached hydrogens (primary N) is 1. The molecule has 2 N–H and O–H groups in total. The van der Waals surface area contributed by atoms with Gasteiger partial charge in [-0.3, -0.25) is 0 Å². The predicted molar refractivity (Wildman–Crippen MR) is 60.1 cm³/mol. The maximum absolute atomic E-state index is 5.91. The third-order valence-electron chi connectivity index (χ3n) is 2.67. The number of ether oxygens (including phenoxy) is 2. The Bertz CT molecular complexity index is 332. The van der Waals surface area contributed by atoms with E-state index in [9.17, 15) is 0 Å². The molecule has 3 heteroatoms. The van der Waals surface area contributed by atoms with Crippen molar-refractivity contribution in [1.29, 1.82) is 0 Å². The average molecular weight is 207 g/mol. The Morgan fingerprint density at radius 3 is 2.80 bits per heavy atom. The van der Waals surface area contributed by atoms with Crippen LogP contribution in [0.1, 0.15) is 18.4 Å². The third kappa shape index (κ3) is 2.63. The summed E-state index contributed by atoms with van der Waals surface area (Å²) in [5, 5.41) is 0. The second-order valence-corrected chi connectivity index (χ2v) is 3.95. The summed E-state index contributed by atoms with van der Waals surface area (Å²) in [6.07, 6.45) is 2.21. The Hall–Kier alpha value is -1.22. The smallest absolute Gasteiger partial charge is 0.124 e. The molecule has 1 fully saturated rings. The second kappa shape index (κ2) is 4.53. The first-order valence-electron chi connectivity index (χ1n) is 5.36. The molecule has 1 aromatic carbocycles. The molecule has 1 aliphatic rings. The van der Waals surface area contributed by atoms with Gasteiger partial charge in [-0.2, -0.15) is 0 Å². The monoisotopic (exact) mass is 207 g/mol. The van der Waals surface area contributed by atoms with Gasteiger partial charge in [-0.1, -0.05) is 6.07 Å². The summed E-state index contributed by atoms with van der Waals surface area (Å²) < 4.78 is 11.2. The summed E-state index contributed by atoms with van der Waals surface area (Å²) >= 11 is 0. The molecule has 3 nitrogen and oxygen atoms in total. The van der Waals surface area contributed by atoms with E-state index in [0.29, 0.717) is 0 Å². The maximum Gasteiger partial charge on any atom is 0.124 e. The molecule has 0 saturated carbocycles. The average Bonchev–Trinajstić information content (AvgIpc) is 2.25. The molecule has 0 radical (unpaired) electrons. The van der Waals surface area contributed by atoms with E-state index >= 15 is 0 Å². The van der Waals surface area contributed by atoms with Gasteiger partial charge in [-0.25, -0.2) is 0 Å². The molecular weight excluding hydrogens is 190 g/mol. The fraction of sp³-hybridized carbons (Fsp3) is 0.500. The highest BCUT2D eigenvalue weighted by Crippen LogP contribution is 2.24. The highest BCUT2D eigenvalue weighted by atomic mass is 16.5. The standard InChI is InChI=1S/C12H17NO2/c1-9-2-3-10(13)8-12(9)15-11-4-6-14-7-5-11/h2-3,8,11H,4-7,13H2,1H3. The van der Waals surface area contributed by atoms with Crippen LogP contribution in [0, 0.1) is 6.92 Å². The molecule has 1 saturated heterocycles. The number of aryl methyl sites for hydroxylation is 1. The molecular formula is C12H17NO2. The predicted octanol–water partition coefficient (Wildman–Crippen LogP) is 2.14. The Labute approximate surface area is 90.2 Å². The van der Waals surface area contributed by atoms with Gasteiger partial charge in [0.05, 0.1) is 13.2 Å². The van der Waals surface area contributed by atoms with Crippen LogP contribution in [0.3, 0.4) is 0 Å². The quantitative estimate of drug-likeness (QED) is 0.755. The van der Waals surface area contributed by atoms with Crippen LogP contribution in [0.4, 0.5) is 5.69 Å². The van der Waals surface area contributed by atoms with Crippen LogP contribution in [-0.4, -0.2) is 19.3 Å². The summed E-state index contributed by atoms with van der Waals surface area (Å²) in [6.45, 7) is 3.63. The van der Waals surface area contributed by atoms with Gasteiger partial charge in [-0.05, 0) is 18.6 Å². The van der Waals surface area contributed by atoms with Crippen molar-refractivity contribution in [3.63, 3.8) is 0 Å². The van der Waals surface area contributed by atoms with Crippen LogP contribution < -0.4 is 10.5 Å². The lowest BCUT2D eigenvalue weighted by Crippen LogP contribution is -2.26. The summed E-state index contributed by atoms with van der Waals surface area (Å²) in [4.78, 5) is 0. The summed E-state index contributed by atoms with van der Waals surface area (Å²) in [6, 6.07) is 5.78. The van der Waals surface area contributed by atoms with E-state index in [1.807, 2.05) is 25.1 Å². The van der Waals surface area contributed by atoms with Crippen molar-refractivity contribution in [3.05, 3.63) is 23.8 Å². The maximum atomic E-state index is 5.91. The van der Waals surface area contributed by atoms with Crippen molar-refractivity contribution in [3.8, 4) is 5.75 Å². The largest absolute Gasteiger partial charge is 0.490 e. The Morgan fingerprint density at radius 2 is 2.07 bits per heavy atom. The number of rotatable bonds is 2. The van der Waals surface area contributed by atoms with Gasteiger partial charge in [-0.15, -0.1) is 0 Å². The molecule has 1 aliphatic heterocycles. The normalized spacial score (nSPS) is 17.7. The SMILES string of the molecule is Cc1ccc(N)cc1OC1CCOCC1. The zero-order valence-corrected chi connectivity index (χ0v) is 9.03. The molecule has 0 atom stereocenters. The van der Waals surface area contributed by atoms with Gasteiger partial charge in [0.2, 0.25) is 0 Å². The minimum absolute atomic E-state index is 0.277. The molecule has 0 amide bonds. The van der Waals surface area contributed by atoms with E-state index in [1.54, 1.807) is 0 Å². The molecule has 15 heavy (non-hydrogen) atoms. The molecule has 0 aromatic heterocycles. The molecule has 82 valence electrons. The molecule has 2 rings (SSSR count). The van der Waals surface area contributed by atoms with E-state index in [1.165, 1.54) is 0 Å². The topological polar surface area (TPSA) is 44.5 Å². The van der Waals surface area contributed by atoms with E-state index in [-0.39, 0.29) is 6.10 Å². The number of hydrogen-bond acceptors (Lipinski definition) is 3. The number of nitrogen functional groups attached to an aromatic ring is 1. The Morgan fingerprint density at radius 1 is 1.33 bits per heavy atom. The lowest BCUT2D eigenvalue weighted by molar-refractivity contribution is 0.0253. The number of anilines is 1. The van der Waals surface area contributed by atoms with Crippen molar-refractivity contribution in [2.24, 2.45) is 0 Å². The van der Waals surface area contributed by atoms with Crippen molar-refractivity contribution in [1.82, 2.24) is 0 Å². The summed E-state index contributed by atoms with van der Waals surface area (Å²) in [5.74, 6) is 0.905. The minimum atomic E-state index is 0.277. The van der Waals surface area contributed by atoms with Gasteiger partial charge in [0.25, 0.3) is 0 Å². The summed E-state index contributed by atoms with van der Waals surface area (Å²) in [7, 11) is 0. The van der Waals surface area contributed by atoms with Crippen LogP contribution in [-0.2, 0) is 4.74 Å². The molecule has 1 heterocycles. The van der Waals surface area contributed by atoms with Gasteiger partial charge in [0.15, 0.2) is 0 Å². The van der Waals surface area contributed by atoms with E-state index < -0.39 is 0 Å². The first kappa shape index (κ1) is 10.3. The van der Waals surface area contributed by atoms with Crippen LogP contribution in [0.15, 0.2) is 18.2 Å². The molecule has 0 aliphatic carbocycles. The number of hydrogen-bond donors (Lipinski definition) is 1. The molecule has 0 unspecified atom stereocenters. The lowest BCUT2D eigenvalue weighted by Gasteiger charge is -2.24. The molecule has 0 bridgehead atoms. The van der Waals surface area contributed by atoms with Gasteiger partial charge in [0, 0.05) is 24.6 Å². The van der Waals surface area contributed by atoms with E-state index in [0.717, 1.165) is 43.1 Å². The highest BCUT2D eigenvalue weighted by Gasteiger charge is 2.16. The first-order chi connectivity index (χ1) is 7.25. The fourth-order valence-electron chi connectivity index (χ4n) is 1.72. The first-order valence-corrected chi connectivity index (χ1v) is 5.36. The van der Waals surface area contributed by atoms with Crippen LogP contribution in [0.25, 0.3) is 0 Å². The van der Waals surface area contributed by atoms with Crippen molar-refractivity contribution in [2.75, 3.05) is 18.9 Å². The second-order valence-electron chi connectivity index (χ2n) is 3.95. The molecule has 0 spiro atoms. The third-order valence-corrected chi connectivity index (χ3v) is 2.67. The van der Waals surface area contributed by atoms with Gasteiger partial charge >= 0.3 is 0 Å². The van der Waals surface area contributed by atoms with Crippen molar-refractivity contribution in [2.45, 2.75) is 25.9 Å². The lowest BCUT2D eigenvalue weighted by atomic mass is 10.1.